The van der Waals surface area contributed by atoms with E-state index in [2.05, 4.69) is 31.2 Å². The molecular weight excluding hydrogens is 308 g/mol. The molecule has 0 radical (unpaired) electrons. The lowest BCUT2D eigenvalue weighted by molar-refractivity contribution is -0.0379. The normalized spacial score (nSPS) is 28.2. The van der Waals surface area contributed by atoms with Gasteiger partial charge in [-0.1, -0.05) is 54.9 Å². The first-order valence-corrected chi connectivity index (χ1v) is 8.72. The van der Waals surface area contributed by atoms with E-state index in [1.54, 1.807) is 0 Å². The van der Waals surface area contributed by atoms with Gasteiger partial charge < -0.3 is 9.84 Å². The second kappa shape index (κ2) is 5.62. The largest absolute Gasteiger partial charge is 0.385 e. The zero-order valence-corrected chi connectivity index (χ0v) is 14.0. The molecule has 2 fully saturated rings. The fourth-order valence-electron chi connectivity index (χ4n) is 3.96. The van der Waals surface area contributed by atoms with Crippen LogP contribution in [0.3, 0.4) is 0 Å². The van der Waals surface area contributed by atoms with E-state index in [-0.39, 0.29) is 0 Å². The average Bonchev–Trinajstić information content (AvgIpc) is 3.20. The Morgan fingerprint density at radius 2 is 1.52 bits per heavy atom. The Balaban J connectivity index is 1.59. The number of benzene rings is 2. The van der Waals surface area contributed by atoms with Crippen LogP contribution in [0.2, 0.25) is 5.02 Å². The summed E-state index contributed by atoms with van der Waals surface area (Å²) in [5, 5.41) is 12.0. The molecule has 4 atom stereocenters. The topological polar surface area (TPSA) is 32.8 Å². The van der Waals surface area contributed by atoms with E-state index in [4.69, 9.17) is 16.3 Å². The zero-order valence-electron chi connectivity index (χ0n) is 13.2. The molecule has 1 saturated heterocycles. The van der Waals surface area contributed by atoms with Gasteiger partial charge in [0.1, 0.15) is 0 Å². The Labute approximate surface area is 142 Å². The summed E-state index contributed by atoms with van der Waals surface area (Å²) in [6, 6.07) is 16.2. The molecule has 2 nitrogen and oxygen atoms in total. The van der Waals surface area contributed by atoms with Crippen LogP contribution >= 0.6 is 11.6 Å². The zero-order chi connectivity index (χ0) is 16.0. The van der Waals surface area contributed by atoms with E-state index < -0.39 is 5.60 Å². The first kappa shape index (κ1) is 15.2. The van der Waals surface area contributed by atoms with Gasteiger partial charge in [0.15, 0.2) is 0 Å². The second-order valence-electron chi connectivity index (χ2n) is 6.74. The molecule has 0 spiro atoms. The third-order valence-corrected chi connectivity index (χ3v) is 5.75. The summed E-state index contributed by atoms with van der Waals surface area (Å²) >= 11 is 5.95. The minimum absolute atomic E-state index is 0.303. The van der Waals surface area contributed by atoms with Crippen molar-refractivity contribution in [3.63, 3.8) is 0 Å². The predicted octanol–water partition coefficient (Wildman–Crippen LogP) is 4.78. The van der Waals surface area contributed by atoms with Gasteiger partial charge in [0.25, 0.3) is 0 Å². The summed E-state index contributed by atoms with van der Waals surface area (Å²) < 4.78 is 5.52. The molecule has 0 amide bonds. The number of fused-ring (bicyclic) bond motifs is 1. The fourth-order valence-corrected chi connectivity index (χ4v) is 4.09. The number of halogens is 1. The minimum atomic E-state index is -0.741. The van der Waals surface area contributed by atoms with Gasteiger partial charge in [-0.15, -0.1) is 0 Å². The molecular formula is C20H21ClO2. The summed E-state index contributed by atoms with van der Waals surface area (Å²) in [5.41, 5.74) is 2.55. The Kier molecular flexibility index (Phi) is 3.72. The molecule has 1 N–H and O–H groups in total. The van der Waals surface area contributed by atoms with Crippen LogP contribution in [0.25, 0.3) is 11.1 Å². The maximum absolute atomic E-state index is 11.3. The van der Waals surface area contributed by atoms with Crippen LogP contribution in [-0.2, 0) is 10.3 Å². The Hall–Kier alpha value is -1.35. The molecule has 120 valence electrons. The van der Waals surface area contributed by atoms with E-state index in [0.717, 1.165) is 41.0 Å². The molecule has 2 aromatic carbocycles. The van der Waals surface area contributed by atoms with Gasteiger partial charge in [-0.05, 0) is 54.0 Å². The lowest BCUT2D eigenvalue weighted by atomic mass is 9.77. The molecule has 1 heterocycles. The number of hydrogen-bond donors (Lipinski definition) is 1. The van der Waals surface area contributed by atoms with Gasteiger partial charge >= 0.3 is 0 Å². The van der Waals surface area contributed by atoms with Crippen molar-refractivity contribution in [3.05, 3.63) is 59.1 Å². The van der Waals surface area contributed by atoms with Crippen molar-refractivity contribution in [1.82, 2.24) is 0 Å². The molecule has 23 heavy (non-hydrogen) atoms. The SMILES string of the molecule is CC[C@](O)(c1ccc(-c2ccc(Cl)cc2)cc1)C1CC2O[C@H]2C1. The predicted molar refractivity (Wildman–Crippen MR) is 92.5 cm³/mol. The van der Waals surface area contributed by atoms with Crippen LogP contribution in [0.5, 0.6) is 0 Å². The Morgan fingerprint density at radius 3 is 2.04 bits per heavy atom. The quantitative estimate of drug-likeness (QED) is 0.819. The van der Waals surface area contributed by atoms with E-state index in [1.807, 2.05) is 24.3 Å². The Morgan fingerprint density at radius 1 is 1.00 bits per heavy atom. The van der Waals surface area contributed by atoms with Gasteiger partial charge in [-0.25, -0.2) is 0 Å². The third-order valence-electron chi connectivity index (χ3n) is 5.50. The molecule has 2 aromatic rings. The fraction of sp³-hybridized carbons (Fsp3) is 0.400. The van der Waals surface area contributed by atoms with Crippen LogP contribution < -0.4 is 0 Å². The van der Waals surface area contributed by atoms with E-state index in [0.29, 0.717) is 18.1 Å². The highest BCUT2D eigenvalue weighted by Gasteiger charge is 2.54. The molecule has 1 aliphatic heterocycles. The maximum atomic E-state index is 11.3. The molecule has 1 aliphatic carbocycles. The summed E-state index contributed by atoms with van der Waals surface area (Å²) in [4.78, 5) is 0. The first-order chi connectivity index (χ1) is 11.1. The van der Waals surface area contributed by atoms with Crippen molar-refractivity contribution in [3.8, 4) is 11.1 Å². The van der Waals surface area contributed by atoms with Gasteiger partial charge in [-0.2, -0.15) is 0 Å². The van der Waals surface area contributed by atoms with Gasteiger partial charge in [0.05, 0.1) is 17.8 Å². The number of aliphatic hydroxyl groups is 1. The van der Waals surface area contributed by atoms with Crippen LogP contribution in [0.1, 0.15) is 31.7 Å². The van der Waals surface area contributed by atoms with Crippen molar-refractivity contribution in [2.24, 2.45) is 5.92 Å². The number of ether oxygens (including phenoxy) is 1. The highest BCUT2D eigenvalue weighted by Crippen LogP contribution is 2.50. The van der Waals surface area contributed by atoms with Gasteiger partial charge in [-0.3, -0.25) is 0 Å². The molecule has 2 aliphatic rings. The standard InChI is InChI=1S/C20H21ClO2/c1-2-20(22,16-11-18-19(12-16)23-18)15-7-3-13(4-8-15)14-5-9-17(21)10-6-14/h3-10,16,18-19,22H,2,11-12H2,1H3/t16?,18-,19?,20-/m0/s1. The number of rotatable bonds is 4. The lowest BCUT2D eigenvalue weighted by Gasteiger charge is -2.34. The molecule has 3 heteroatoms. The Bertz CT molecular complexity index is 685. The summed E-state index contributed by atoms with van der Waals surface area (Å²) in [6.45, 7) is 2.07. The summed E-state index contributed by atoms with van der Waals surface area (Å²) in [6.07, 6.45) is 3.48. The maximum Gasteiger partial charge on any atom is 0.0923 e. The van der Waals surface area contributed by atoms with Crippen molar-refractivity contribution in [2.45, 2.75) is 44.0 Å². The summed E-state index contributed by atoms with van der Waals surface area (Å²) in [5.74, 6) is 0.303. The first-order valence-electron chi connectivity index (χ1n) is 8.34. The van der Waals surface area contributed by atoms with Crippen LogP contribution in [-0.4, -0.2) is 17.3 Å². The number of hydrogen-bond acceptors (Lipinski definition) is 2. The monoisotopic (exact) mass is 328 g/mol. The van der Waals surface area contributed by atoms with Crippen LogP contribution in [0.15, 0.2) is 48.5 Å². The number of epoxide rings is 1. The lowest BCUT2D eigenvalue weighted by Crippen LogP contribution is -2.34. The molecule has 1 saturated carbocycles. The average molecular weight is 329 g/mol. The molecule has 0 aromatic heterocycles. The van der Waals surface area contributed by atoms with Crippen molar-refractivity contribution in [1.29, 1.82) is 0 Å². The van der Waals surface area contributed by atoms with Crippen molar-refractivity contribution in [2.75, 3.05) is 0 Å². The molecule has 2 unspecified atom stereocenters. The van der Waals surface area contributed by atoms with Gasteiger partial charge in [0.2, 0.25) is 0 Å². The highest BCUT2D eigenvalue weighted by molar-refractivity contribution is 6.30. The highest BCUT2D eigenvalue weighted by atomic mass is 35.5. The van der Waals surface area contributed by atoms with E-state index >= 15 is 0 Å². The summed E-state index contributed by atoms with van der Waals surface area (Å²) in [7, 11) is 0. The molecule has 0 bridgehead atoms. The minimum Gasteiger partial charge on any atom is -0.385 e. The van der Waals surface area contributed by atoms with E-state index in [1.165, 1.54) is 0 Å². The van der Waals surface area contributed by atoms with Gasteiger partial charge in [0, 0.05) is 5.02 Å². The van der Waals surface area contributed by atoms with E-state index in [9.17, 15) is 5.11 Å². The smallest absolute Gasteiger partial charge is 0.0923 e. The van der Waals surface area contributed by atoms with Crippen LogP contribution in [0.4, 0.5) is 0 Å². The van der Waals surface area contributed by atoms with Crippen molar-refractivity contribution >= 4 is 11.6 Å². The van der Waals surface area contributed by atoms with Crippen molar-refractivity contribution < 1.29 is 9.84 Å². The third kappa shape index (κ3) is 2.69. The molecule has 4 rings (SSSR count). The van der Waals surface area contributed by atoms with Crippen LogP contribution in [0, 0.1) is 5.92 Å². The second-order valence-corrected chi connectivity index (χ2v) is 7.18.